The van der Waals surface area contributed by atoms with Gasteiger partial charge in [-0.05, 0) is 59.6 Å². The summed E-state index contributed by atoms with van der Waals surface area (Å²) in [6.07, 6.45) is 1.94. The normalized spacial score (nSPS) is 14.5. The van der Waals surface area contributed by atoms with Gasteiger partial charge in [-0.1, -0.05) is 12.1 Å². The highest BCUT2D eigenvalue weighted by molar-refractivity contribution is 6.71. The Hall–Kier alpha value is -0.299. The second-order valence-electron chi connectivity index (χ2n) is 8.51. The summed E-state index contributed by atoms with van der Waals surface area (Å²) in [6, 6.07) is 0.979. The van der Waals surface area contributed by atoms with Gasteiger partial charge in [-0.2, -0.15) is 0 Å². The van der Waals surface area contributed by atoms with Crippen molar-refractivity contribution < 1.29 is 23.5 Å². The van der Waals surface area contributed by atoms with Crippen LogP contribution in [0.3, 0.4) is 0 Å². The minimum Gasteiger partial charge on any atom is -0.397 e. The Morgan fingerprint density at radius 2 is 1.70 bits per heavy atom. The molecule has 0 saturated carbocycles. The molecule has 0 heterocycles. The van der Waals surface area contributed by atoms with Crippen molar-refractivity contribution in [3.05, 3.63) is 11.6 Å². The molecule has 1 amide bonds. The summed E-state index contributed by atoms with van der Waals surface area (Å²) < 4.78 is 17.9. The molecule has 0 aromatic carbocycles. The first-order valence-corrected chi connectivity index (χ1v) is 17.7. The summed E-state index contributed by atoms with van der Waals surface area (Å²) in [4.78, 5) is 11.6. The quantitative estimate of drug-likeness (QED) is 0.191. The molecule has 0 aliphatic heterocycles. The van der Waals surface area contributed by atoms with Crippen molar-refractivity contribution in [2.75, 3.05) is 19.8 Å². The predicted molar refractivity (Wildman–Crippen MR) is 117 cm³/mol. The molecule has 27 heavy (non-hydrogen) atoms. The van der Waals surface area contributed by atoms with Crippen LogP contribution in [0.25, 0.3) is 0 Å². The summed E-state index contributed by atoms with van der Waals surface area (Å²) >= 11 is 0. The number of carbonyl (C=O) groups excluding carboxylic acids is 1. The number of carbonyl (C=O) groups is 1. The zero-order valence-corrected chi connectivity index (χ0v) is 21.3. The highest BCUT2D eigenvalue weighted by Gasteiger charge is 2.26. The van der Waals surface area contributed by atoms with Gasteiger partial charge in [0.2, 0.25) is 5.91 Å². The Bertz CT molecular complexity index is 445. The Labute approximate surface area is 170 Å². The summed E-state index contributed by atoms with van der Waals surface area (Å²) in [5.41, 5.74) is 0.639. The van der Waals surface area contributed by atoms with E-state index in [9.17, 15) is 9.90 Å². The van der Waals surface area contributed by atoms with Crippen molar-refractivity contribution in [2.24, 2.45) is 0 Å². The molecule has 0 aliphatic carbocycles. The van der Waals surface area contributed by atoms with Crippen LogP contribution in [0.2, 0.25) is 45.3 Å². The van der Waals surface area contributed by atoms with Gasteiger partial charge in [-0.25, -0.2) is 0 Å². The number of hydrogen-bond donors (Lipinski definition) is 2. The van der Waals surface area contributed by atoms with Crippen molar-refractivity contribution >= 4 is 32.1 Å². The van der Waals surface area contributed by atoms with Crippen LogP contribution >= 0.6 is 0 Å². The van der Waals surface area contributed by atoms with Crippen LogP contribution in [-0.2, 0) is 18.4 Å². The van der Waals surface area contributed by atoms with Crippen LogP contribution in [-0.4, -0.2) is 68.9 Å². The predicted octanol–water partition coefficient (Wildman–Crippen LogP) is 2.95. The molecule has 0 bridgehead atoms. The molecule has 2 radical (unpaired) electrons. The van der Waals surface area contributed by atoms with Crippen molar-refractivity contribution in [1.29, 1.82) is 0 Å². The van der Waals surface area contributed by atoms with Crippen LogP contribution in [0.1, 0.15) is 20.3 Å². The third-order valence-corrected chi connectivity index (χ3v) is 6.82. The molecule has 0 aromatic rings. The van der Waals surface area contributed by atoms with Gasteiger partial charge < -0.3 is 24.0 Å². The molecule has 0 aromatic heterocycles. The first-order chi connectivity index (χ1) is 12.3. The van der Waals surface area contributed by atoms with Gasteiger partial charge in [-0.15, -0.1) is 0 Å². The van der Waals surface area contributed by atoms with Crippen molar-refractivity contribution in [3.8, 4) is 0 Å². The maximum Gasteiger partial charge on any atom is 0.246 e. The Kier molecular flexibility index (Phi) is 12.9. The molecule has 1 atom stereocenters. The number of hydrogen-bond acceptors (Lipinski definition) is 5. The highest BCUT2D eigenvalue weighted by atomic mass is 28.4. The fourth-order valence-corrected chi connectivity index (χ4v) is 6.75. The summed E-state index contributed by atoms with van der Waals surface area (Å²) in [5, 5.41) is 12.5. The van der Waals surface area contributed by atoms with E-state index in [0.717, 1.165) is 12.5 Å². The summed E-state index contributed by atoms with van der Waals surface area (Å²) in [5.74, 6) is -0.257. The lowest BCUT2D eigenvalue weighted by atomic mass is 10.2. The second kappa shape index (κ2) is 13.0. The average molecular weight is 434 g/mol. The van der Waals surface area contributed by atoms with E-state index in [1.54, 1.807) is 13.0 Å². The van der Waals surface area contributed by atoms with Crippen LogP contribution in [0.5, 0.6) is 0 Å². The third kappa shape index (κ3) is 16.4. The smallest absolute Gasteiger partial charge is 0.246 e. The lowest BCUT2D eigenvalue weighted by Gasteiger charge is -2.31. The maximum absolute atomic E-state index is 11.6. The first-order valence-electron chi connectivity index (χ1n) is 9.60. The Morgan fingerprint density at radius 3 is 2.19 bits per heavy atom. The van der Waals surface area contributed by atoms with Crippen LogP contribution < -0.4 is 5.32 Å². The fourth-order valence-electron chi connectivity index (χ4n) is 1.90. The van der Waals surface area contributed by atoms with Crippen molar-refractivity contribution in [1.82, 2.24) is 5.32 Å². The second-order valence-corrected chi connectivity index (χ2v) is 18.8. The van der Waals surface area contributed by atoms with Gasteiger partial charge in [0.1, 0.15) is 15.4 Å². The van der Waals surface area contributed by atoms with Gasteiger partial charge in [-0.3, -0.25) is 4.79 Å². The number of allylic oxidation sites excluding steroid dienone is 1. The molecular formula is C18H39NO5Si3. The van der Waals surface area contributed by atoms with Crippen molar-refractivity contribution in [3.63, 3.8) is 0 Å². The molecule has 2 N–H and O–H groups in total. The molecule has 0 aliphatic rings. The molecule has 0 saturated heterocycles. The van der Waals surface area contributed by atoms with E-state index in [0.29, 0.717) is 21.7 Å². The van der Waals surface area contributed by atoms with Gasteiger partial charge in [0, 0.05) is 18.7 Å². The number of aliphatic hydroxyl groups is 1. The Morgan fingerprint density at radius 1 is 1.15 bits per heavy atom. The van der Waals surface area contributed by atoms with Crippen LogP contribution in [0.15, 0.2) is 11.6 Å². The topological polar surface area (TPSA) is 77.0 Å². The van der Waals surface area contributed by atoms with Crippen LogP contribution in [0, 0.1) is 0 Å². The number of nitrogens with one attached hydrogen (secondary N) is 1. The number of ether oxygens (including phenoxy) is 1. The maximum atomic E-state index is 11.6. The van der Waals surface area contributed by atoms with Crippen molar-refractivity contribution in [2.45, 2.75) is 77.6 Å². The summed E-state index contributed by atoms with van der Waals surface area (Å²) in [7, 11) is -2.69. The molecule has 6 nitrogen and oxygen atoms in total. The largest absolute Gasteiger partial charge is 0.397 e. The number of aliphatic hydroxyl groups excluding tert-OH is 1. The van der Waals surface area contributed by atoms with Crippen LogP contribution in [0.4, 0.5) is 0 Å². The first kappa shape index (κ1) is 26.7. The van der Waals surface area contributed by atoms with Gasteiger partial charge in [0.05, 0.1) is 12.7 Å². The Balaban J connectivity index is 3.99. The van der Waals surface area contributed by atoms with E-state index in [-0.39, 0.29) is 25.0 Å². The monoisotopic (exact) mass is 433 g/mol. The van der Waals surface area contributed by atoms with E-state index in [2.05, 4.69) is 44.6 Å². The zero-order chi connectivity index (χ0) is 21.1. The van der Waals surface area contributed by atoms with Gasteiger partial charge >= 0.3 is 0 Å². The van der Waals surface area contributed by atoms with Gasteiger partial charge in [0.15, 0.2) is 16.6 Å². The molecule has 0 spiro atoms. The van der Waals surface area contributed by atoms with E-state index in [1.807, 2.05) is 6.92 Å². The lowest BCUT2D eigenvalue weighted by molar-refractivity contribution is -0.118. The zero-order valence-electron chi connectivity index (χ0n) is 18.3. The third-order valence-electron chi connectivity index (χ3n) is 3.30. The number of rotatable bonds is 14. The molecule has 0 fully saturated rings. The average Bonchev–Trinajstić information content (AvgIpc) is 2.51. The standard InChI is InChI=1S/C18H39NO5Si3/c1-9-15(2)17(21)19-13-16(20)14-22-11-10-12-25-18(23-26(3,4)5)24-27(6,7)8/h9,16,18,20H,10-14H2,1-8H3,(H,19,21). The fraction of sp³-hybridized carbons (Fsp3) is 0.833. The molecule has 0 rings (SSSR count). The SMILES string of the molecule is CC=C(C)C(=O)NCC(O)COCCC[Si]C(O[Si](C)(C)C)O[Si](C)(C)C. The minimum absolute atomic E-state index is 0.0982. The minimum atomic E-state index is -1.64. The number of amides is 1. The molecule has 1 unspecified atom stereocenters. The van der Waals surface area contributed by atoms with E-state index >= 15 is 0 Å². The van der Waals surface area contributed by atoms with E-state index in [4.69, 9.17) is 13.6 Å². The van der Waals surface area contributed by atoms with E-state index in [1.165, 1.54) is 0 Å². The summed E-state index contributed by atoms with van der Waals surface area (Å²) in [6.45, 7) is 17.6. The highest BCUT2D eigenvalue weighted by Crippen LogP contribution is 2.14. The lowest BCUT2D eigenvalue weighted by Crippen LogP contribution is -2.43. The van der Waals surface area contributed by atoms with Gasteiger partial charge in [0.25, 0.3) is 0 Å². The van der Waals surface area contributed by atoms with E-state index < -0.39 is 22.7 Å². The molecular weight excluding hydrogens is 394 g/mol. The molecule has 9 heteroatoms. The molecule has 158 valence electrons.